The first-order valence-corrected chi connectivity index (χ1v) is 8.62. The van der Waals surface area contributed by atoms with Crippen molar-refractivity contribution < 1.29 is 9.90 Å². The van der Waals surface area contributed by atoms with Gasteiger partial charge in [-0.3, -0.25) is 4.90 Å². The van der Waals surface area contributed by atoms with E-state index in [1.165, 1.54) is 25.8 Å². The summed E-state index contributed by atoms with van der Waals surface area (Å²) in [7, 11) is 0. The number of likely N-dealkylation sites (tertiary alicyclic amines) is 1. The van der Waals surface area contributed by atoms with Crippen LogP contribution in [0, 0.1) is 5.92 Å². The Hall–Kier alpha value is -0.810. The van der Waals surface area contributed by atoms with E-state index in [0.29, 0.717) is 18.0 Å². The zero-order chi connectivity index (χ0) is 14.8. The molecule has 3 atom stereocenters. The standard InChI is InChI=1S/C16H29N3O2/c1-12(20)13-5-9-19(10-6-13)16(21)17-14-7-11-18-8-3-2-4-15(14)18/h12-15,20H,2-11H2,1H3,(H,17,21). The number of aliphatic hydroxyl groups excluding tert-OH is 1. The molecule has 0 radical (unpaired) electrons. The van der Waals surface area contributed by atoms with Crippen LogP contribution in [-0.4, -0.2) is 65.3 Å². The minimum absolute atomic E-state index is 0.108. The minimum atomic E-state index is -0.249. The van der Waals surface area contributed by atoms with Crippen LogP contribution in [0.2, 0.25) is 0 Å². The van der Waals surface area contributed by atoms with Gasteiger partial charge in [0.1, 0.15) is 0 Å². The van der Waals surface area contributed by atoms with Gasteiger partial charge in [0.15, 0.2) is 0 Å². The van der Waals surface area contributed by atoms with Crippen molar-refractivity contribution in [2.75, 3.05) is 26.2 Å². The molecular formula is C16H29N3O2. The summed E-state index contributed by atoms with van der Waals surface area (Å²) in [4.78, 5) is 16.9. The third-order valence-electron chi connectivity index (χ3n) is 5.67. The Morgan fingerprint density at radius 3 is 2.57 bits per heavy atom. The van der Waals surface area contributed by atoms with E-state index >= 15 is 0 Å². The van der Waals surface area contributed by atoms with Gasteiger partial charge in [-0.15, -0.1) is 0 Å². The molecule has 21 heavy (non-hydrogen) atoms. The SMILES string of the molecule is CC(O)C1CCN(C(=O)NC2CCN3CCCCC23)CC1. The molecule has 3 saturated heterocycles. The molecule has 3 heterocycles. The molecule has 2 N–H and O–H groups in total. The summed E-state index contributed by atoms with van der Waals surface area (Å²) in [6, 6.07) is 1.02. The van der Waals surface area contributed by atoms with Crippen molar-refractivity contribution >= 4 is 6.03 Å². The Labute approximate surface area is 127 Å². The lowest BCUT2D eigenvalue weighted by atomic mass is 9.92. The summed E-state index contributed by atoms with van der Waals surface area (Å²) in [6.45, 7) is 5.76. The van der Waals surface area contributed by atoms with Gasteiger partial charge in [0, 0.05) is 31.7 Å². The number of rotatable bonds is 2. The van der Waals surface area contributed by atoms with E-state index in [1.54, 1.807) is 0 Å². The highest BCUT2D eigenvalue weighted by molar-refractivity contribution is 5.74. The van der Waals surface area contributed by atoms with Crippen LogP contribution in [0.4, 0.5) is 4.79 Å². The number of urea groups is 1. The maximum Gasteiger partial charge on any atom is 0.317 e. The Balaban J connectivity index is 1.48. The molecule has 3 aliphatic heterocycles. The van der Waals surface area contributed by atoms with Crippen LogP contribution >= 0.6 is 0 Å². The number of piperidine rings is 2. The first kappa shape index (κ1) is 15.1. The quantitative estimate of drug-likeness (QED) is 0.810. The monoisotopic (exact) mass is 295 g/mol. The van der Waals surface area contributed by atoms with Crippen LogP contribution in [-0.2, 0) is 0 Å². The molecule has 0 aliphatic carbocycles. The number of carbonyl (C=O) groups excluding carboxylic acids is 1. The van der Waals surface area contributed by atoms with Crippen molar-refractivity contribution in [3.63, 3.8) is 0 Å². The summed E-state index contributed by atoms with van der Waals surface area (Å²) >= 11 is 0. The number of amides is 2. The van der Waals surface area contributed by atoms with Crippen LogP contribution in [0.25, 0.3) is 0 Å². The molecule has 0 saturated carbocycles. The van der Waals surface area contributed by atoms with Crippen molar-refractivity contribution in [2.24, 2.45) is 5.92 Å². The average molecular weight is 295 g/mol. The second-order valence-corrected chi connectivity index (χ2v) is 7.01. The summed E-state index contributed by atoms with van der Waals surface area (Å²) in [5.41, 5.74) is 0. The number of nitrogens with zero attached hydrogens (tertiary/aromatic N) is 2. The molecule has 3 unspecified atom stereocenters. The summed E-state index contributed by atoms with van der Waals surface area (Å²) in [5, 5.41) is 12.9. The molecule has 0 spiro atoms. The van der Waals surface area contributed by atoms with E-state index < -0.39 is 0 Å². The average Bonchev–Trinajstić information content (AvgIpc) is 2.91. The Morgan fingerprint density at radius 2 is 1.86 bits per heavy atom. The molecule has 3 fully saturated rings. The van der Waals surface area contributed by atoms with E-state index in [-0.39, 0.29) is 12.1 Å². The number of hydrogen-bond acceptors (Lipinski definition) is 3. The highest BCUT2D eigenvalue weighted by Gasteiger charge is 2.37. The zero-order valence-electron chi connectivity index (χ0n) is 13.1. The summed E-state index contributed by atoms with van der Waals surface area (Å²) in [5.74, 6) is 0.356. The Bertz CT molecular complexity index is 367. The molecule has 5 heteroatoms. The predicted octanol–water partition coefficient (Wildman–Crippen LogP) is 1.42. The van der Waals surface area contributed by atoms with Gasteiger partial charge in [-0.1, -0.05) is 6.42 Å². The molecule has 0 aromatic heterocycles. The lowest BCUT2D eigenvalue weighted by molar-refractivity contribution is 0.0787. The summed E-state index contributed by atoms with van der Waals surface area (Å²) < 4.78 is 0. The molecule has 0 aromatic rings. The zero-order valence-corrected chi connectivity index (χ0v) is 13.1. The highest BCUT2D eigenvalue weighted by Crippen LogP contribution is 2.27. The fourth-order valence-corrected chi connectivity index (χ4v) is 4.25. The topological polar surface area (TPSA) is 55.8 Å². The summed E-state index contributed by atoms with van der Waals surface area (Å²) in [6.07, 6.45) is 6.53. The van der Waals surface area contributed by atoms with Gasteiger partial charge in [0.05, 0.1) is 6.10 Å². The lowest BCUT2D eigenvalue weighted by Crippen LogP contribution is -2.52. The Morgan fingerprint density at radius 1 is 1.10 bits per heavy atom. The maximum absolute atomic E-state index is 12.4. The van der Waals surface area contributed by atoms with Crippen LogP contribution in [0.5, 0.6) is 0 Å². The number of nitrogens with one attached hydrogen (secondary N) is 1. The van der Waals surface area contributed by atoms with Crippen molar-refractivity contribution in [3.8, 4) is 0 Å². The van der Waals surface area contributed by atoms with E-state index in [0.717, 1.165) is 38.9 Å². The molecule has 2 amide bonds. The first-order chi connectivity index (χ1) is 10.1. The fraction of sp³-hybridized carbons (Fsp3) is 0.938. The van der Waals surface area contributed by atoms with Crippen LogP contribution < -0.4 is 5.32 Å². The minimum Gasteiger partial charge on any atom is -0.393 e. The second-order valence-electron chi connectivity index (χ2n) is 7.01. The third kappa shape index (κ3) is 3.34. The molecular weight excluding hydrogens is 266 g/mol. The number of fused-ring (bicyclic) bond motifs is 1. The first-order valence-electron chi connectivity index (χ1n) is 8.62. The number of carbonyl (C=O) groups is 1. The van der Waals surface area contributed by atoms with Crippen LogP contribution in [0.3, 0.4) is 0 Å². The molecule has 0 bridgehead atoms. The second kappa shape index (κ2) is 6.53. The largest absolute Gasteiger partial charge is 0.393 e. The van der Waals surface area contributed by atoms with Crippen LogP contribution in [0.1, 0.15) is 45.4 Å². The predicted molar refractivity (Wildman–Crippen MR) is 82.1 cm³/mol. The van der Waals surface area contributed by atoms with Gasteiger partial charge >= 0.3 is 6.03 Å². The molecule has 5 nitrogen and oxygen atoms in total. The van der Waals surface area contributed by atoms with E-state index in [2.05, 4.69) is 10.2 Å². The molecule has 120 valence electrons. The van der Waals surface area contributed by atoms with E-state index in [1.807, 2.05) is 11.8 Å². The Kier molecular flexibility index (Phi) is 4.69. The van der Waals surface area contributed by atoms with Crippen molar-refractivity contribution in [3.05, 3.63) is 0 Å². The maximum atomic E-state index is 12.4. The number of aliphatic hydroxyl groups is 1. The number of hydrogen-bond donors (Lipinski definition) is 2. The van der Waals surface area contributed by atoms with Gasteiger partial charge in [-0.2, -0.15) is 0 Å². The molecule has 3 aliphatic rings. The fourth-order valence-electron chi connectivity index (χ4n) is 4.25. The van der Waals surface area contributed by atoms with Gasteiger partial charge < -0.3 is 15.3 Å². The van der Waals surface area contributed by atoms with Gasteiger partial charge in [-0.25, -0.2) is 4.79 Å². The van der Waals surface area contributed by atoms with E-state index in [9.17, 15) is 9.90 Å². The lowest BCUT2D eigenvalue weighted by Gasteiger charge is -2.36. The van der Waals surface area contributed by atoms with Crippen LogP contribution in [0.15, 0.2) is 0 Å². The van der Waals surface area contributed by atoms with Crippen molar-refractivity contribution in [2.45, 2.75) is 63.6 Å². The smallest absolute Gasteiger partial charge is 0.317 e. The van der Waals surface area contributed by atoms with E-state index in [4.69, 9.17) is 0 Å². The van der Waals surface area contributed by atoms with Crippen molar-refractivity contribution in [1.29, 1.82) is 0 Å². The van der Waals surface area contributed by atoms with Gasteiger partial charge in [0.2, 0.25) is 0 Å². The van der Waals surface area contributed by atoms with Crippen molar-refractivity contribution in [1.82, 2.24) is 15.1 Å². The normalized spacial score (nSPS) is 32.8. The van der Waals surface area contributed by atoms with Gasteiger partial charge in [-0.05, 0) is 51.5 Å². The highest BCUT2D eigenvalue weighted by atomic mass is 16.3. The molecule has 0 aromatic carbocycles. The third-order valence-corrected chi connectivity index (χ3v) is 5.67. The molecule has 3 rings (SSSR count). The van der Waals surface area contributed by atoms with Gasteiger partial charge in [0.25, 0.3) is 0 Å².